The van der Waals surface area contributed by atoms with Crippen molar-refractivity contribution in [2.45, 2.75) is 37.5 Å². The number of nitrogens with one attached hydrogen (secondary N) is 1. The Hall–Kier alpha value is -1.10. The molecule has 0 aromatic heterocycles. The van der Waals surface area contributed by atoms with Gasteiger partial charge < -0.3 is 15.2 Å². The third kappa shape index (κ3) is 3.72. The number of nitrogens with zero attached hydrogens (tertiary/aromatic N) is 1. The summed E-state index contributed by atoms with van der Waals surface area (Å²) >= 11 is 0. The molecule has 0 amide bonds. The number of likely N-dealkylation sites (tertiary alicyclic amines) is 1. The van der Waals surface area contributed by atoms with Crippen LogP contribution >= 0.6 is 0 Å². The van der Waals surface area contributed by atoms with E-state index in [0.717, 1.165) is 18.8 Å². The fourth-order valence-corrected chi connectivity index (χ4v) is 3.24. The highest BCUT2D eigenvalue weighted by Gasteiger charge is 2.29. The SMILES string of the molecule is OC(COc1ccccc1)CN1CCC2CCC(C1)N2. The van der Waals surface area contributed by atoms with Crippen LogP contribution in [0.1, 0.15) is 19.3 Å². The molecule has 20 heavy (non-hydrogen) atoms. The smallest absolute Gasteiger partial charge is 0.119 e. The van der Waals surface area contributed by atoms with E-state index in [0.29, 0.717) is 25.2 Å². The summed E-state index contributed by atoms with van der Waals surface area (Å²) in [5, 5.41) is 13.8. The lowest BCUT2D eigenvalue weighted by Gasteiger charge is -2.26. The Morgan fingerprint density at radius 1 is 1.20 bits per heavy atom. The average molecular weight is 276 g/mol. The number of benzene rings is 1. The molecule has 2 fully saturated rings. The Labute approximate surface area is 120 Å². The summed E-state index contributed by atoms with van der Waals surface area (Å²) in [6.45, 7) is 3.20. The number of hydrogen-bond donors (Lipinski definition) is 2. The van der Waals surface area contributed by atoms with Crippen LogP contribution in [0, 0.1) is 0 Å². The molecular weight excluding hydrogens is 252 g/mol. The Bertz CT molecular complexity index is 412. The fourth-order valence-electron chi connectivity index (χ4n) is 3.24. The van der Waals surface area contributed by atoms with Gasteiger partial charge in [-0.2, -0.15) is 0 Å². The molecule has 0 saturated carbocycles. The second-order valence-electron chi connectivity index (χ2n) is 5.96. The molecule has 3 unspecified atom stereocenters. The third-order valence-corrected chi connectivity index (χ3v) is 4.26. The zero-order valence-electron chi connectivity index (χ0n) is 11.9. The maximum Gasteiger partial charge on any atom is 0.119 e. The highest BCUT2D eigenvalue weighted by Crippen LogP contribution is 2.20. The van der Waals surface area contributed by atoms with Crippen molar-refractivity contribution in [3.05, 3.63) is 30.3 Å². The standard InChI is InChI=1S/C16H24N2O2/c19-15(12-20-16-4-2-1-3-5-16)11-18-9-8-13-6-7-14(10-18)17-13/h1-5,13-15,17,19H,6-12H2. The molecule has 0 aliphatic carbocycles. The van der Waals surface area contributed by atoms with Crippen LogP contribution in [0.3, 0.4) is 0 Å². The van der Waals surface area contributed by atoms with Gasteiger partial charge >= 0.3 is 0 Å². The molecule has 4 heteroatoms. The summed E-state index contributed by atoms with van der Waals surface area (Å²) in [5.41, 5.74) is 0. The number of fused-ring (bicyclic) bond motifs is 2. The van der Waals surface area contributed by atoms with Gasteiger partial charge in [-0.25, -0.2) is 0 Å². The minimum Gasteiger partial charge on any atom is -0.491 e. The largest absolute Gasteiger partial charge is 0.491 e. The second kappa shape index (κ2) is 6.57. The van der Waals surface area contributed by atoms with Crippen molar-refractivity contribution in [3.8, 4) is 5.75 Å². The van der Waals surface area contributed by atoms with Crippen LogP contribution in [-0.2, 0) is 0 Å². The van der Waals surface area contributed by atoms with Gasteiger partial charge in [-0.15, -0.1) is 0 Å². The number of aliphatic hydroxyl groups excluding tert-OH is 1. The van der Waals surface area contributed by atoms with Gasteiger partial charge in [0, 0.05) is 25.2 Å². The molecule has 2 N–H and O–H groups in total. The quantitative estimate of drug-likeness (QED) is 0.850. The maximum atomic E-state index is 10.1. The highest BCUT2D eigenvalue weighted by molar-refractivity contribution is 5.20. The van der Waals surface area contributed by atoms with E-state index in [1.165, 1.54) is 19.3 Å². The zero-order valence-corrected chi connectivity index (χ0v) is 11.9. The van der Waals surface area contributed by atoms with E-state index in [1.54, 1.807) is 0 Å². The van der Waals surface area contributed by atoms with Crippen molar-refractivity contribution in [3.63, 3.8) is 0 Å². The minimum atomic E-state index is -0.424. The Kier molecular flexibility index (Phi) is 4.55. The Morgan fingerprint density at radius 3 is 2.85 bits per heavy atom. The first-order chi connectivity index (χ1) is 9.79. The molecule has 2 aliphatic heterocycles. The molecule has 0 radical (unpaired) electrons. The summed E-state index contributed by atoms with van der Waals surface area (Å²) in [4.78, 5) is 2.37. The van der Waals surface area contributed by atoms with Crippen molar-refractivity contribution >= 4 is 0 Å². The van der Waals surface area contributed by atoms with Gasteiger partial charge in [0.2, 0.25) is 0 Å². The number of aliphatic hydroxyl groups is 1. The van der Waals surface area contributed by atoms with Gasteiger partial charge in [-0.3, -0.25) is 4.90 Å². The number of ether oxygens (including phenoxy) is 1. The summed E-state index contributed by atoms with van der Waals surface area (Å²) in [5.74, 6) is 0.822. The van der Waals surface area contributed by atoms with Crippen molar-refractivity contribution in [2.24, 2.45) is 0 Å². The van der Waals surface area contributed by atoms with E-state index < -0.39 is 6.10 Å². The topological polar surface area (TPSA) is 44.7 Å². The van der Waals surface area contributed by atoms with Crippen LogP contribution in [0.15, 0.2) is 30.3 Å². The normalized spacial score (nSPS) is 28.1. The van der Waals surface area contributed by atoms with Crippen LogP contribution < -0.4 is 10.1 Å². The number of β-amino-alcohol motifs (C(OH)–C–C–N with tert-alkyl or cyclic N) is 1. The first kappa shape index (κ1) is 13.9. The van der Waals surface area contributed by atoms with Gasteiger partial charge in [0.1, 0.15) is 18.5 Å². The van der Waals surface area contributed by atoms with Crippen LogP contribution in [0.5, 0.6) is 5.75 Å². The minimum absolute atomic E-state index is 0.363. The van der Waals surface area contributed by atoms with Crippen LogP contribution in [0.2, 0.25) is 0 Å². The van der Waals surface area contributed by atoms with E-state index in [2.05, 4.69) is 10.2 Å². The first-order valence-electron chi connectivity index (χ1n) is 7.64. The lowest BCUT2D eigenvalue weighted by molar-refractivity contribution is 0.0666. The summed E-state index contributed by atoms with van der Waals surface area (Å²) in [6, 6.07) is 11.0. The molecular formula is C16H24N2O2. The molecule has 2 heterocycles. The summed E-state index contributed by atoms with van der Waals surface area (Å²) < 4.78 is 5.61. The lowest BCUT2D eigenvalue weighted by Crippen LogP contribution is -2.40. The molecule has 2 saturated heterocycles. The van der Waals surface area contributed by atoms with E-state index in [9.17, 15) is 5.11 Å². The molecule has 2 bridgehead atoms. The monoisotopic (exact) mass is 276 g/mol. The Morgan fingerprint density at radius 2 is 2.00 bits per heavy atom. The van der Waals surface area contributed by atoms with Gasteiger partial charge in [0.25, 0.3) is 0 Å². The van der Waals surface area contributed by atoms with E-state index in [4.69, 9.17) is 4.74 Å². The molecule has 110 valence electrons. The second-order valence-corrected chi connectivity index (χ2v) is 5.96. The van der Waals surface area contributed by atoms with Crippen molar-refractivity contribution < 1.29 is 9.84 Å². The Balaban J connectivity index is 1.43. The molecule has 4 nitrogen and oxygen atoms in total. The van der Waals surface area contributed by atoms with Crippen LogP contribution in [0.25, 0.3) is 0 Å². The van der Waals surface area contributed by atoms with Crippen molar-refractivity contribution in [1.82, 2.24) is 10.2 Å². The van der Waals surface area contributed by atoms with E-state index >= 15 is 0 Å². The first-order valence-corrected chi connectivity index (χ1v) is 7.64. The number of rotatable bonds is 5. The molecule has 3 atom stereocenters. The predicted molar refractivity (Wildman–Crippen MR) is 78.9 cm³/mol. The molecule has 1 aromatic rings. The van der Waals surface area contributed by atoms with Gasteiger partial charge in [-0.1, -0.05) is 18.2 Å². The molecule has 2 aliphatic rings. The van der Waals surface area contributed by atoms with E-state index in [-0.39, 0.29) is 0 Å². The number of para-hydroxylation sites is 1. The maximum absolute atomic E-state index is 10.1. The highest BCUT2D eigenvalue weighted by atomic mass is 16.5. The van der Waals surface area contributed by atoms with Gasteiger partial charge in [0.15, 0.2) is 0 Å². The van der Waals surface area contributed by atoms with E-state index in [1.807, 2.05) is 30.3 Å². The van der Waals surface area contributed by atoms with Gasteiger partial charge in [-0.05, 0) is 37.9 Å². The fraction of sp³-hybridized carbons (Fsp3) is 0.625. The van der Waals surface area contributed by atoms with Gasteiger partial charge in [0.05, 0.1) is 0 Å². The number of hydrogen-bond acceptors (Lipinski definition) is 4. The van der Waals surface area contributed by atoms with Crippen molar-refractivity contribution in [1.29, 1.82) is 0 Å². The molecule has 3 rings (SSSR count). The molecule has 1 aromatic carbocycles. The predicted octanol–water partition coefficient (Wildman–Crippen LogP) is 1.25. The lowest BCUT2D eigenvalue weighted by atomic mass is 10.1. The van der Waals surface area contributed by atoms with Crippen LogP contribution in [0.4, 0.5) is 0 Å². The van der Waals surface area contributed by atoms with Crippen molar-refractivity contribution in [2.75, 3.05) is 26.2 Å². The summed E-state index contributed by atoms with van der Waals surface area (Å²) in [7, 11) is 0. The third-order valence-electron chi connectivity index (χ3n) is 4.26. The zero-order chi connectivity index (χ0) is 13.8. The summed E-state index contributed by atoms with van der Waals surface area (Å²) in [6.07, 6.45) is 3.37. The van der Waals surface area contributed by atoms with Crippen LogP contribution in [-0.4, -0.2) is 54.4 Å². The molecule has 0 spiro atoms. The average Bonchev–Trinajstić information content (AvgIpc) is 2.81.